The van der Waals surface area contributed by atoms with Gasteiger partial charge < -0.3 is 4.42 Å². The molecule has 0 aromatic carbocycles. The van der Waals surface area contributed by atoms with Crippen LogP contribution in [0.15, 0.2) is 10.6 Å². The van der Waals surface area contributed by atoms with Crippen LogP contribution in [0.25, 0.3) is 0 Å². The fourth-order valence-electron chi connectivity index (χ4n) is 0.732. The molecule has 0 bridgehead atoms. The molecule has 56 valence electrons. The Balaban J connectivity index is 2.58. The fourth-order valence-corrected chi connectivity index (χ4v) is 0.869. The number of oxazole rings is 1. The summed E-state index contributed by atoms with van der Waals surface area (Å²) in [5, 5.41) is 0.371. The van der Waals surface area contributed by atoms with Crippen LogP contribution < -0.4 is 0 Å². The summed E-state index contributed by atoms with van der Waals surface area (Å²) in [4.78, 5) is 3.96. The fraction of sp³-hybridized carbons (Fsp3) is 0.571. The first-order valence-electron chi connectivity index (χ1n) is 3.28. The van der Waals surface area contributed by atoms with Gasteiger partial charge in [-0.2, -0.15) is 0 Å². The lowest BCUT2D eigenvalue weighted by Crippen LogP contribution is -1.92. The van der Waals surface area contributed by atoms with Crippen LogP contribution in [0.1, 0.15) is 19.7 Å². The average molecular weight is 160 g/mol. The molecule has 0 N–H and O–H groups in total. The van der Waals surface area contributed by atoms with Crippen LogP contribution >= 0.6 is 11.6 Å². The first-order chi connectivity index (χ1) is 4.68. The Kier molecular flexibility index (Phi) is 2.33. The number of hydrogen-bond acceptors (Lipinski definition) is 2. The molecule has 0 saturated heterocycles. The van der Waals surface area contributed by atoms with E-state index in [1.54, 1.807) is 0 Å². The van der Waals surface area contributed by atoms with Gasteiger partial charge in [0.05, 0.1) is 6.20 Å². The Hall–Kier alpha value is -0.500. The van der Waals surface area contributed by atoms with Crippen LogP contribution in [-0.4, -0.2) is 4.98 Å². The van der Waals surface area contributed by atoms with E-state index in [0.29, 0.717) is 11.1 Å². The zero-order chi connectivity index (χ0) is 7.56. The Morgan fingerprint density at radius 1 is 1.70 bits per heavy atom. The van der Waals surface area contributed by atoms with Crippen molar-refractivity contribution in [2.24, 2.45) is 5.92 Å². The van der Waals surface area contributed by atoms with Gasteiger partial charge in [-0.1, -0.05) is 13.8 Å². The third kappa shape index (κ3) is 2.03. The van der Waals surface area contributed by atoms with Crippen molar-refractivity contribution in [1.82, 2.24) is 4.98 Å². The summed E-state index contributed by atoms with van der Waals surface area (Å²) in [7, 11) is 0. The maximum Gasteiger partial charge on any atom is 0.213 e. The third-order valence-corrected chi connectivity index (χ3v) is 1.28. The van der Waals surface area contributed by atoms with E-state index in [2.05, 4.69) is 18.8 Å². The molecule has 1 aromatic rings. The van der Waals surface area contributed by atoms with E-state index in [0.717, 1.165) is 12.3 Å². The zero-order valence-corrected chi connectivity index (χ0v) is 6.85. The lowest BCUT2D eigenvalue weighted by molar-refractivity contribution is 0.459. The number of rotatable bonds is 2. The molecule has 0 spiro atoms. The molecular weight excluding hydrogens is 150 g/mol. The molecule has 3 heteroatoms. The van der Waals surface area contributed by atoms with Crippen LogP contribution in [0.2, 0.25) is 5.22 Å². The summed E-state index contributed by atoms with van der Waals surface area (Å²) in [6.45, 7) is 4.22. The van der Waals surface area contributed by atoms with Crippen molar-refractivity contribution < 1.29 is 4.42 Å². The summed E-state index contributed by atoms with van der Waals surface area (Å²) in [6.07, 6.45) is 2.38. The van der Waals surface area contributed by atoms with Gasteiger partial charge in [-0.3, -0.25) is 0 Å². The van der Waals surface area contributed by atoms with Gasteiger partial charge >= 0.3 is 0 Å². The second kappa shape index (κ2) is 3.06. The van der Waals surface area contributed by atoms with Crippen molar-refractivity contribution in [3.63, 3.8) is 0 Å². The maximum atomic E-state index is 5.51. The van der Waals surface area contributed by atoms with Crippen LogP contribution in [0, 0.1) is 5.92 Å². The normalized spacial score (nSPS) is 10.8. The number of aromatic nitrogens is 1. The van der Waals surface area contributed by atoms with E-state index in [1.807, 2.05) is 0 Å². The largest absolute Gasteiger partial charge is 0.429 e. The van der Waals surface area contributed by atoms with Gasteiger partial charge in [0, 0.05) is 6.42 Å². The van der Waals surface area contributed by atoms with Crippen molar-refractivity contribution in [3.05, 3.63) is 17.3 Å². The summed E-state index contributed by atoms with van der Waals surface area (Å²) < 4.78 is 5.05. The SMILES string of the molecule is CC(C)Cc1ncc(Cl)o1. The molecule has 1 rings (SSSR count). The second-order valence-electron chi connectivity index (χ2n) is 2.66. The van der Waals surface area contributed by atoms with Gasteiger partial charge in [0.2, 0.25) is 5.22 Å². The van der Waals surface area contributed by atoms with Crippen molar-refractivity contribution in [2.75, 3.05) is 0 Å². The van der Waals surface area contributed by atoms with Crippen LogP contribution in [0.4, 0.5) is 0 Å². The maximum absolute atomic E-state index is 5.51. The number of halogens is 1. The zero-order valence-electron chi connectivity index (χ0n) is 6.10. The Morgan fingerprint density at radius 2 is 2.40 bits per heavy atom. The molecule has 10 heavy (non-hydrogen) atoms. The molecule has 0 atom stereocenters. The molecule has 2 nitrogen and oxygen atoms in total. The predicted molar refractivity (Wildman–Crippen MR) is 40.1 cm³/mol. The van der Waals surface area contributed by atoms with E-state index in [9.17, 15) is 0 Å². The van der Waals surface area contributed by atoms with Gasteiger partial charge in [-0.25, -0.2) is 4.98 Å². The highest BCUT2D eigenvalue weighted by Gasteiger charge is 2.03. The van der Waals surface area contributed by atoms with Gasteiger partial charge in [0.15, 0.2) is 5.89 Å². The molecule has 0 amide bonds. The summed E-state index contributed by atoms with van der Waals surface area (Å²) in [5.41, 5.74) is 0. The van der Waals surface area contributed by atoms with Gasteiger partial charge in [-0.05, 0) is 17.5 Å². The van der Waals surface area contributed by atoms with Crippen LogP contribution in [-0.2, 0) is 6.42 Å². The highest BCUT2D eigenvalue weighted by molar-refractivity contribution is 6.28. The molecule has 0 unspecified atom stereocenters. The quantitative estimate of drug-likeness (QED) is 0.663. The molecular formula is C7H10ClNO. The first-order valence-corrected chi connectivity index (χ1v) is 3.66. The van der Waals surface area contributed by atoms with E-state index in [-0.39, 0.29) is 0 Å². The molecule has 0 aliphatic carbocycles. The van der Waals surface area contributed by atoms with Gasteiger partial charge in [-0.15, -0.1) is 0 Å². The average Bonchev–Trinajstić information content (AvgIpc) is 2.13. The van der Waals surface area contributed by atoms with E-state index in [4.69, 9.17) is 16.0 Å². The Labute approximate surface area is 65.2 Å². The minimum absolute atomic E-state index is 0.371. The van der Waals surface area contributed by atoms with Crippen molar-refractivity contribution in [1.29, 1.82) is 0 Å². The predicted octanol–water partition coefficient (Wildman–Crippen LogP) is 2.53. The highest BCUT2D eigenvalue weighted by atomic mass is 35.5. The number of nitrogens with zero attached hydrogens (tertiary/aromatic N) is 1. The lowest BCUT2D eigenvalue weighted by Gasteiger charge is -1.96. The summed E-state index contributed by atoms with van der Waals surface area (Å²) in [5.74, 6) is 1.29. The molecule has 0 radical (unpaired) electrons. The van der Waals surface area contributed by atoms with Crippen LogP contribution in [0.5, 0.6) is 0 Å². The molecule has 0 fully saturated rings. The summed E-state index contributed by atoms with van der Waals surface area (Å²) >= 11 is 5.51. The minimum Gasteiger partial charge on any atom is -0.429 e. The topological polar surface area (TPSA) is 26.0 Å². The molecule has 1 aromatic heterocycles. The van der Waals surface area contributed by atoms with E-state index < -0.39 is 0 Å². The van der Waals surface area contributed by atoms with Crippen LogP contribution in [0.3, 0.4) is 0 Å². The minimum atomic E-state index is 0.371. The highest BCUT2D eigenvalue weighted by Crippen LogP contribution is 2.12. The van der Waals surface area contributed by atoms with Crippen molar-refractivity contribution in [3.8, 4) is 0 Å². The molecule has 0 aliphatic rings. The Bertz CT molecular complexity index is 207. The standard InChI is InChI=1S/C7H10ClNO/c1-5(2)3-7-9-4-6(8)10-7/h4-5H,3H2,1-2H3. The molecule has 0 saturated carbocycles. The second-order valence-corrected chi connectivity index (χ2v) is 3.03. The molecule has 1 heterocycles. The van der Waals surface area contributed by atoms with Gasteiger partial charge in [0.1, 0.15) is 0 Å². The van der Waals surface area contributed by atoms with Gasteiger partial charge in [0.25, 0.3) is 0 Å². The van der Waals surface area contributed by atoms with Crippen molar-refractivity contribution >= 4 is 11.6 Å². The number of hydrogen-bond donors (Lipinski definition) is 0. The van der Waals surface area contributed by atoms with E-state index in [1.165, 1.54) is 6.20 Å². The summed E-state index contributed by atoms with van der Waals surface area (Å²) in [6, 6.07) is 0. The Morgan fingerprint density at radius 3 is 2.80 bits per heavy atom. The first kappa shape index (κ1) is 7.61. The van der Waals surface area contributed by atoms with Crippen molar-refractivity contribution in [2.45, 2.75) is 20.3 Å². The monoisotopic (exact) mass is 159 g/mol. The van der Waals surface area contributed by atoms with E-state index >= 15 is 0 Å². The molecule has 0 aliphatic heterocycles. The third-order valence-electron chi connectivity index (χ3n) is 1.11. The lowest BCUT2D eigenvalue weighted by atomic mass is 10.1. The smallest absolute Gasteiger partial charge is 0.213 e.